The van der Waals surface area contributed by atoms with E-state index in [0.29, 0.717) is 30.1 Å². The van der Waals surface area contributed by atoms with Crippen LogP contribution in [-0.2, 0) is 11.2 Å². The fourth-order valence-corrected chi connectivity index (χ4v) is 3.29. The number of guanidine groups is 1. The van der Waals surface area contributed by atoms with Crippen LogP contribution in [0.4, 0.5) is 0 Å². The molecular formula is C17H31N5O2. The number of hydrogen-bond acceptors (Lipinski definition) is 5. The van der Waals surface area contributed by atoms with Crippen LogP contribution in [-0.4, -0.2) is 49.5 Å². The van der Waals surface area contributed by atoms with Crippen molar-refractivity contribution >= 4 is 5.96 Å². The minimum absolute atomic E-state index is 0.344. The Hall–Kier alpha value is -1.63. The number of aliphatic imine (C=N–C) groups is 1. The minimum atomic E-state index is 0.344. The maximum atomic E-state index is 5.57. The van der Waals surface area contributed by atoms with Gasteiger partial charge in [-0.2, -0.15) is 4.98 Å². The lowest BCUT2D eigenvalue weighted by molar-refractivity contribution is 0.105. The van der Waals surface area contributed by atoms with Gasteiger partial charge in [-0.3, -0.25) is 4.99 Å². The summed E-state index contributed by atoms with van der Waals surface area (Å²) in [5.41, 5.74) is 0.344. The molecule has 0 unspecified atom stereocenters. The van der Waals surface area contributed by atoms with Gasteiger partial charge in [-0.15, -0.1) is 0 Å². The van der Waals surface area contributed by atoms with Crippen molar-refractivity contribution in [3.05, 3.63) is 11.7 Å². The van der Waals surface area contributed by atoms with E-state index in [1.165, 1.54) is 25.7 Å². The number of nitrogens with zero attached hydrogens (tertiary/aromatic N) is 3. The van der Waals surface area contributed by atoms with E-state index in [1.807, 2.05) is 6.92 Å². The average Bonchev–Trinajstić information content (AvgIpc) is 3.21. The van der Waals surface area contributed by atoms with Gasteiger partial charge in [0.25, 0.3) is 0 Å². The van der Waals surface area contributed by atoms with Gasteiger partial charge in [0.15, 0.2) is 11.8 Å². The van der Waals surface area contributed by atoms with Crippen LogP contribution in [0.3, 0.4) is 0 Å². The average molecular weight is 337 g/mol. The van der Waals surface area contributed by atoms with Crippen LogP contribution < -0.4 is 10.6 Å². The van der Waals surface area contributed by atoms with E-state index in [1.54, 1.807) is 7.05 Å². The molecule has 1 aromatic heterocycles. The Labute approximate surface area is 144 Å². The van der Waals surface area contributed by atoms with Crippen molar-refractivity contribution in [2.24, 2.45) is 10.4 Å². The molecule has 0 spiro atoms. The first-order valence-electron chi connectivity index (χ1n) is 8.99. The molecule has 136 valence electrons. The summed E-state index contributed by atoms with van der Waals surface area (Å²) >= 11 is 0. The van der Waals surface area contributed by atoms with Gasteiger partial charge in [0.05, 0.1) is 0 Å². The minimum Gasteiger partial charge on any atom is -0.382 e. The van der Waals surface area contributed by atoms with Crippen LogP contribution in [0, 0.1) is 12.3 Å². The third-order valence-corrected chi connectivity index (χ3v) is 4.70. The van der Waals surface area contributed by atoms with E-state index in [-0.39, 0.29) is 0 Å². The van der Waals surface area contributed by atoms with Gasteiger partial charge in [-0.25, -0.2) is 0 Å². The molecule has 0 saturated heterocycles. The summed E-state index contributed by atoms with van der Waals surface area (Å²) in [4.78, 5) is 8.51. The van der Waals surface area contributed by atoms with Crippen LogP contribution in [0.2, 0.25) is 0 Å². The Balaban J connectivity index is 1.74. The Kier molecular flexibility index (Phi) is 7.49. The zero-order valence-electron chi connectivity index (χ0n) is 15.2. The van der Waals surface area contributed by atoms with E-state index in [0.717, 1.165) is 32.1 Å². The van der Waals surface area contributed by atoms with Crippen LogP contribution in [0.15, 0.2) is 9.52 Å². The predicted molar refractivity (Wildman–Crippen MR) is 94.1 cm³/mol. The first-order valence-corrected chi connectivity index (χ1v) is 8.99. The number of nitrogens with one attached hydrogen (secondary N) is 2. The van der Waals surface area contributed by atoms with Gasteiger partial charge >= 0.3 is 0 Å². The van der Waals surface area contributed by atoms with Gasteiger partial charge in [0.2, 0.25) is 5.89 Å². The predicted octanol–water partition coefficient (Wildman–Crippen LogP) is 2.07. The maximum absolute atomic E-state index is 5.57. The quantitative estimate of drug-likeness (QED) is 0.408. The first kappa shape index (κ1) is 18.7. The van der Waals surface area contributed by atoms with Crippen molar-refractivity contribution < 1.29 is 9.26 Å². The molecule has 1 aliphatic rings. The van der Waals surface area contributed by atoms with E-state index >= 15 is 0 Å². The van der Waals surface area contributed by atoms with Gasteiger partial charge in [0.1, 0.15) is 0 Å². The first-order chi connectivity index (χ1) is 11.7. The summed E-state index contributed by atoms with van der Waals surface area (Å²) in [5, 5.41) is 10.6. The summed E-state index contributed by atoms with van der Waals surface area (Å²) in [6, 6.07) is 0. The molecule has 0 aromatic carbocycles. The molecule has 0 aliphatic heterocycles. The SMILES string of the molecule is CCOCCC1(CNC(=NC)NCCc2nc(C)no2)CCCC1. The number of ether oxygens (including phenoxy) is 1. The molecule has 0 radical (unpaired) electrons. The van der Waals surface area contributed by atoms with Crippen molar-refractivity contribution in [2.45, 2.75) is 52.4 Å². The Morgan fingerprint density at radius 3 is 2.75 bits per heavy atom. The van der Waals surface area contributed by atoms with Gasteiger partial charge in [-0.05, 0) is 38.5 Å². The molecule has 2 N–H and O–H groups in total. The topological polar surface area (TPSA) is 84.6 Å². The van der Waals surface area contributed by atoms with Gasteiger partial charge in [-0.1, -0.05) is 18.0 Å². The lowest BCUT2D eigenvalue weighted by atomic mass is 9.83. The molecule has 0 amide bonds. The molecule has 2 rings (SSSR count). The molecule has 1 saturated carbocycles. The molecular weight excluding hydrogens is 306 g/mol. The third-order valence-electron chi connectivity index (χ3n) is 4.70. The van der Waals surface area contributed by atoms with E-state index in [2.05, 4.69) is 32.7 Å². The third kappa shape index (κ3) is 5.78. The number of hydrogen-bond donors (Lipinski definition) is 2. The van der Waals surface area contributed by atoms with Crippen molar-refractivity contribution in [3.63, 3.8) is 0 Å². The maximum Gasteiger partial charge on any atom is 0.228 e. The molecule has 24 heavy (non-hydrogen) atoms. The normalized spacial score (nSPS) is 17.2. The van der Waals surface area contributed by atoms with Crippen molar-refractivity contribution in [2.75, 3.05) is 33.4 Å². The van der Waals surface area contributed by atoms with E-state index in [9.17, 15) is 0 Å². The highest BCUT2D eigenvalue weighted by Crippen LogP contribution is 2.40. The second-order valence-electron chi connectivity index (χ2n) is 6.49. The Morgan fingerprint density at radius 2 is 2.12 bits per heavy atom. The molecule has 7 heteroatoms. The smallest absolute Gasteiger partial charge is 0.228 e. The number of aromatic nitrogens is 2. The molecule has 0 atom stereocenters. The second-order valence-corrected chi connectivity index (χ2v) is 6.49. The molecule has 1 aromatic rings. The Bertz CT molecular complexity index is 509. The highest BCUT2D eigenvalue weighted by molar-refractivity contribution is 5.79. The van der Waals surface area contributed by atoms with Crippen molar-refractivity contribution in [1.29, 1.82) is 0 Å². The molecule has 1 aliphatic carbocycles. The van der Waals surface area contributed by atoms with E-state index in [4.69, 9.17) is 9.26 Å². The second kappa shape index (κ2) is 9.61. The molecule has 0 bridgehead atoms. The largest absolute Gasteiger partial charge is 0.382 e. The van der Waals surface area contributed by atoms with Crippen LogP contribution in [0.25, 0.3) is 0 Å². The monoisotopic (exact) mass is 337 g/mol. The van der Waals surface area contributed by atoms with Crippen molar-refractivity contribution in [1.82, 2.24) is 20.8 Å². The fourth-order valence-electron chi connectivity index (χ4n) is 3.29. The summed E-state index contributed by atoms with van der Waals surface area (Å²) < 4.78 is 10.7. The number of aryl methyl sites for hydroxylation is 1. The summed E-state index contributed by atoms with van der Waals surface area (Å²) in [6.07, 6.45) is 6.98. The summed E-state index contributed by atoms with van der Waals surface area (Å²) in [6.45, 7) is 7.18. The van der Waals surface area contributed by atoms with Crippen molar-refractivity contribution in [3.8, 4) is 0 Å². The fraction of sp³-hybridized carbons (Fsp3) is 0.824. The lowest BCUT2D eigenvalue weighted by Gasteiger charge is -2.30. The van der Waals surface area contributed by atoms with Crippen LogP contribution >= 0.6 is 0 Å². The summed E-state index contributed by atoms with van der Waals surface area (Å²) in [5.74, 6) is 2.15. The summed E-state index contributed by atoms with van der Waals surface area (Å²) in [7, 11) is 1.80. The molecule has 7 nitrogen and oxygen atoms in total. The highest BCUT2D eigenvalue weighted by Gasteiger charge is 2.33. The highest BCUT2D eigenvalue weighted by atomic mass is 16.5. The van der Waals surface area contributed by atoms with Crippen LogP contribution in [0.1, 0.15) is 50.7 Å². The van der Waals surface area contributed by atoms with E-state index < -0.39 is 0 Å². The van der Waals surface area contributed by atoms with Crippen LogP contribution in [0.5, 0.6) is 0 Å². The zero-order chi connectivity index (χ0) is 17.3. The van der Waals surface area contributed by atoms with Gasteiger partial charge in [0, 0.05) is 39.8 Å². The zero-order valence-corrected chi connectivity index (χ0v) is 15.2. The standard InChI is InChI=1S/C17H31N5O2/c1-4-23-12-10-17(8-5-6-9-17)13-20-16(18-3)19-11-7-15-21-14(2)22-24-15/h4-13H2,1-3H3,(H2,18,19,20). The molecule has 1 fully saturated rings. The number of rotatable bonds is 9. The lowest BCUT2D eigenvalue weighted by Crippen LogP contribution is -2.44. The molecule has 1 heterocycles. The van der Waals surface area contributed by atoms with Gasteiger partial charge < -0.3 is 19.9 Å². The Morgan fingerprint density at radius 1 is 1.33 bits per heavy atom.